The molecule has 1 N–H and O–H groups in total. The van der Waals surface area contributed by atoms with Crippen LogP contribution in [0.25, 0.3) is 12.2 Å². The Labute approximate surface area is 69.7 Å². The lowest BCUT2D eigenvalue weighted by Gasteiger charge is -1.82. The first-order valence-corrected chi connectivity index (χ1v) is 3.66. The third-order valence-electron chi connectivity index (χ3n) is 1.53. The fraction of sp³-hybridized carbons (Fsp3) is 0. The molecule has 0 bridgehead atoms. The second-order valence-corrected chi connectivity index (χ2v) is 2.42. The van der Waals surface area contributed by atoms with Crippen molar-refractivity contribution in [3.05, 3.63) is 42.0 Å². The van der Waals surface area contributed by atoms with Gasteiger partial charge in [-0.1, -0.05) is 5.16 Å². The molecule has 2 aromatic heterocycles. The van der Waals surface area contributed by atoms with Crippen molar-refractivity contribution in [2.75, 3.05) is 0 Å². The van der Waals surface area contributed by atoms with Crippen molar-refractivity contribution in [2.45, 2.75) is 0 Å². The Hall–Kier alpha value is -1.77. The summed E-state index contributed by atoms with van der Waals surface area (Å²) < 4.78 is 4.67. The molecule has 12 heavy (non-hydrogen) atoms. The predicted molar refractivity (Wildman–Crippen MR) is 46.2 cm³/mol. The van der Waals surface area contributed by atoms with Gasteiger partial charge in [-0.25, -0.2) is 0 Å². The van der Waals surface area contributed by atoms with Gasteiger partial charge in [0.15, 0.2) is 0 Å². The van der Waals surface area contributed by atoms with Gasteiger partial charge in [-0.3, -0.25) is 0 Å². The van der Waals surface area contributed by atoms with E-state index in [4.69, 9.17) is 0 Å². The average Bonchev–Trinajstić information content (AvgIpc) is 2.74. The molecule has 0 radical (unpaired) electrons. The molecule has 60 valence electrons. The summed E-state index contributed by atoms with van der Waals surface area (Å²) in [4.78, 5) is 3.06. The largest absolute Gasteiger partial charge is 0.364 e. The summed E-state index contributed by atoms with van der Waals surface area (Å²) in [7, 11) is 0. The molecule has 0 aliphatic carbocycles. The smallest absolute Gasteiger partial charge is 0.131 e. The lowest BCUT2D eigenvalue weighted by molar-refractivity contribution is 0.419. The van der Waals surface area contributed by atoms with Crippen LogP contribution >= 0.6 is 0 Å². The molecule has 2 aromatic rings. The average molecular weight is 160 g/mol. The van der Waals surface area contributed by atoms with Crippen molar-refractivity contribution in [3.8, 4) is 0 Å². The highest BCUT2D eigenvalue weighted by molar-refractivity contribution is 5.66. The van der Waals surface area contributed by atoms with Crippen LogP contribution in [0.15, 0.2) is 35.3 Å². The Morgan fingerprint density at radius 2 is 2.42 bits per heavy atom. The number of nitrogens with one attached hydrogen (secondary N) is 1. The van der Waals surface area contributed by atoms with E-state index in [0.717, 1.165) is 11.3 Å². The van der Waals surface area contributed by atoms with E-state index in [2.05, 4.69) is 14.7 Å². The SMILES string of the molecule is C(=Cc1ccc[nH]1)c1cnoc1. The summed E-state index contributed by atoms with van der Waals surface area (Å²) >= 11 is 0. The van der Waals surface area contributed by atoms with Crippen LogP contribution in [0.5, 0.6) is 0 Å². The van der Waals surface area contributed by atoms with Crippen molar-refractivity contribution in [3.63, 3.8) is 0 Å². The standard InChI is InChI=1S/C9H8N2O/c1-2-9(10-5-1)4-3-8-6-11-12-7-8/h1-7,10H. The molecule has 3 heteroatoms. The zero-order valence-corrected chi connectivity index (χ0v) is 6.40. The summed E-state index contributed by atoms with van der Waals surface area (Å²) in [6.45, 7) is 0. The predicted octanol–water partition coefficient (Wildman–Crippen LogP) is 2.17. The fourth-order valence-corrected chi connectivity index (χ4v) is 0.929. The van der Waals surface area contributed by atoms with Gasteiger partial charge in [0.05, 0.1) is 6.20 Å². The topological polar surface area (TPSA) is 41.8 Å². The molecule has 0 amide bonds. The zero-order valence-electron chi connectivity index (χ0n) is 6.40. The molecular weight excluding hydrogens is 152 g/mol. The molecule has 0 aromatic carbocycles. The zero-order chi connectivity index (χ0) is 8.23. The Morgan fingerprint density at radius 3 is 3.08 bits per heavy atom. The van der Waals surface area contributed by atoms with E-state index in [1.165, 1.54) is 0 Å². The Balaban J connectivity index is 2.14. The molecule has 3 nitrogen and oxygen atoms in total. The van der Waals surface area contributed by atoms with Crippen LogP contribution in [0, 0.1) is 0 Å². The summed E-state index contributed by atoms with van der Waals surface area (Å²) in [5.41, 5.74) is 2.03. The molecule has 0 aliphatic heterocycles. The van der Waals surface area contributed by atoms with Crippen molar-refractivity contribution >= 4 is 12.2 Å². The van der Waals surface area contributed by atoms with Gasteiger partial charge < -0.3 is 9.51 Å². The van der Waals surface area contributed by atoms with E-state index in [0.29, 0.717) is 0 Å². The third-order valence-corrected chi connectivity index (χ3v) is 1.53. The molecule has 0 atom stereocenters. The summed E-state index contributed by atoms with van der Waals surface area (Å²) in [5, 5.41) is 3.59. The maximum atomic E-state index is 4.67. The van der Waals surface area contributed by atoms with Crippen LogP contribution in [0.1, 0.15) is 11.3 Å². The van der Waals surface area contributed by atoms with E-state index < -0.39 is 0 Å². The quantitative estimate of drug-likeness (QED) is 0.731. The summed E-state index contributed by atoms with van der Waals surface area (Å²) in [6.07, 6.45) is 9.04. The first-order chi connectivity index (χ1) is 5.95. The van der Waals surface area contributed by atoms with Crippen LogP contribution in [-0.2, 0) is 0 Å². The summed E-state index contributed by atoms with van der Waals surface area (Å²) in [5.74, 6) is 0. The number of hydrogen-bond acceptors (Lipinski definition) is 2. The van der Waals surface area contributed by atoms with Crippen molar-refractivity contribution in [1.82, 2.24) is 10.1 Å². The van der Waals surface area contributed by atoms with E-state index in [1.54, 1.807) is 12.5 Å². The minimum absolute atomic E-state index is 0.963. The van der Waals surface area contributed by atoms with Crippen molar-refractivity contribution in [2.24, 2.45) is 0 Å². The third kappa shape index (κ3) is 1.45. The Morgan fingerprint density at radius 1 is 1.42 bits per heavy atom. The maximum Gasteiger partial charge on any atom is 0.131 e. The minimum atomic E-state index is 0.963. The van der Waals surface area contributed by atoms with Crippen LogP contribution in [-0.4, -0.2) is 10.1 Å². The number of H-pyrrole nitrogens is 1. The normalized spacial score (nSPS) is 11.0. The second kappa shape index (κ2) is 3.09. The molecule has 0 aliphatic rings. The molecule has 0 saturated heterocycles. The van der Waals surface area contributed by atoms with Gasteiger partial charge in [-0.05, 0) is 24.3 Å². The highest BCUT2D eigenvalue weighted by Gasteiger charge is 1.88. The van der Waals surface area contributed by atoms with E-state index in [1.807, 2.05) is 30.5 Å². The Kier molecular flexibility index (Phi) is 1.78. The number of aromatic amines is 1. The van der Waals surface area contributed by atoms with Crippen LogP contribution in [0.4, 0.5) is 0 Å². The van der Waals surface area contributed by atoms with Gasteiger partial charge in [0, 0.05) is 17.5 Å². The van der Waals surface area contributed by atoms with Crippen LogP contribution in [0.2, 0.25) is 0 Å². The minimum Gasteiger partial charge on any atom is -0.364 e. The van der Waals surface area contributed by atoms with Crippen molar-refractivity contribution in [1.29, 1.82) is 0 Å². The fourth-order valence-electron chi connectivity index (χ4n) is 0.929. The first-order valence-electron chi connectivity index (χ1n) is 3.66. The molecule has 0 unspecified atom stereocenters. The van der Waals surface area contributed by atoms with Gasteiger partial charge >= 0.3 is 0 Å². The molecular formula is C9H8N2O. The number of rotatable bonds is 2. The van der Waals surface area contributed by atoms with Gasteiger partial charge in [0.1, 0.15) is 6.26 Å². The highest BCUT2D eigenvalue weighted by Crippen LogP contribution is 2.04. The van der Waals surface area contributed by atoms with Gasteiger partial charge in [0.25, 0.3) is 0 Å². The van der Waals surface area contributed by atoms with E-state index >= 15 is 0 Å². The van der Waals surface area contributed by atoms with Crippen LogP contribution in [0.3, 0.4) is 0 Å². The van der Waals surface area contributed by atoms with E-state index in [-0.39, 0.29) is 0 Å². The highest BCUT2D eigenvalue weighted by atomic mass is 16.5. The first kappa shape index (κ1) is 6.91. The molecule has 0 spiro atoms. The summed E-state index contributed by atoms with van der Waals surface area (Å²) in [6, 6.07) is 3.94. The molecule has 2 rings (SSSR count). The molecule has 2 heterocycles. The molecule has 0 fully saturated rings. The lowest BCUT2D eigenvalue weighted by Crippen LogP contribution is -1.66. The number of hydrogen-bond donors (Lipinski definition) is 1. The Bertz CT molecular complexity index is 310. The van der Waals surface area contributed by atoms with Gasteiger partial charge in [-0.2, -0.15) is 0 Å². The van der Waals surface area contributed by atoms with Gasteiger partial charge in [0.2, 0.25) is 0 Å². The van der Waals surface area contributed by atoms with Gasteiger partial charge in [-0.15, -0.1) is 0 Å². The second-order valence-electron chi connectivity index (χ2n) is 2.42. The number of aromatic nitrogens is 2. The molecule has 0 saturated carbocycles. The van der Waals surface area contributed by atoms with E-state index in [9.17, 15) is 0 Å². The monoisotopic (exact) mass is 160 g/mol. The van der Waals surface area contributed by atoms with Crippen LogP contribution < -0.4 is 0 Å². The lowest BCUT2D eigenvalue weighted by atomic mass is 10.3. The van der Waals surface area contributed by atoms with Crippen molar-refractivity contribution < 1.29 is 4.52 Å². The maximum absolute atomic E-state index is 4.67. The number of nitrogens with zero attached hydrogens (tertiary/aromatic N) is 1.